The zero-order valence-electron chi connectivity index (χ0n) is 18.0. The van der Waals surface area contributed by atoms with Gasteiger partial charge in [0, 0.05) is 30.9 Å². The smallest absolute Gasteiger partial charge is 0.164 e. The van der Waals surface area contributed by atoms with Crippen LogP contribution in [0.5, 0.6) is 0 Å². The summed E-state index contributed by atoms with van der Waals surface area (Å²) in [6.07, 6.45) is 0.510. The minimum absolute atomic E-state index is 0.275. The van der Waals surface area contributed by atoms with Crippen molar-refractivity contribution in [2.24, 2.45) is 0 Å². The molecule has 2 heterocycles. The van der Waals surface area contributed by atoms with Gasteiger partial charge in [0.2, 0.25) is 0 Å². The van der Waals surface area contributed by atoms with Crippen molar-refractivity contribution in [3.63, 3.8) is 0 Å². The molecule has 152 valence electrons. The van der Waals surface area contributed by atoms with E-state index in [4.69, 9.17) is 0 Å². The summed E-state index contributed by atoms with van der Waals surface area (Å²) in [7, 11) is 0. The Morgan fingerprint density at radius 1 is 0.867 bits per heavy atom. The molecule has 0 N–H and O–H groups in total. The molecule has 0 unspecified atom stereocenters. The predicted octanol–water partition coefficient (Wildman–Crippen LogP) is 5.52. The maximum atomic E-state index is 13.8. The summed E-state index contributed by atoms with van der Waals surface area (Å²) < 4.78 is 0. The molecular weight excluding hydrogens is 368 g/mol. The van der Waals surface area contributed by atoms with E-state index in [1.165, 1.54) is 33.6 Å². The first-order valence-corrected chi connectivity index (χ1v) is 10.8. The number of hydrogen-bond acceptors (Lipinski definition) is 3. The van der Waals surface area contributed by atoms with Gasteiger partial charge >= 0.3 is 0 Å². The summed E-state index contributed by atoms with van der Waals surface area (Å²) in [6.45, 7) is 8.48. The molecule has 0 aromatic heterocycles. The molecule has 0 radical (unpaired) electrons. The second kappa shape index (κ2) is 7.02. The van der Waals surface area contributed by atoms with Gasteiger partial charge in [-0.15, -0.1) is 0 Å². The van der Waals surface area contributed by atoms with Crippen LogP contribution in [0, 0.1) is 13.8 Å². The zero-order valence-corrected chi connectivity index (χ0v) is 18.0. The summed E-state index contributed by atoms with van der Waals surface area (Å²) in [4.78, 5) is 18.6. The predicted molar refractivity (Wildman–Crippen MR) is 123 cm³/mol. The summed E-state index contributed by atoms with van der Waals surface area (Å²) in [6, 6.07) is 23.8. The topological polar surface area (TPSA) is 23.6 Å². The Morgan fingerprint density at radius 3 is 2.17 bits per heavy atom. The standard InChI is InChI=1S/C27H28N2O/c1-4-26(30)27(23-8-6-5-7-9-23)18-28-16-21-14-20(3)11-13-25(21)29(27)17-22-15-19(2)10-12-24(22)28/h5-15H,4,16-18H2,1-3H3/t27-/m0/s1. The largest absolute Gasteiger partial charge is 0.364 e. The second-order valence-corrected chi connectivity index (χ2v) is 8.71. The lowest BCUT2D eigenvalue weighted by molar-refractivity contribution is -0.124. The van der Waals surface area contributed by atoms with Crippen LogP contribution in [0.2, 0.25) is 0 Å². The van der Waals surface area contributed by atoms with Gasteiger partial charge in [-0.05, 0) is 42.7 Å². The first-order chi connectivity index (χ1) is 14.5. The number of nitrogens with zero attached hydrogens (tertiary/aromatic N) is 2. The highest BCUT2D eigenvalue weighted by atomic mass is 16.1. The van der Waals surface area contributed by atoms with Crippen molar-refractivity contribution < 1.29 is 4.79 Å². The number of aryl methyl sites for hydroxylation is 2. The van der Waals surface area contributed by atoms with E-state index in [1.54, 1.807) is 0 Å². The Morgan fingerprint density at radius 2 is 1.50 bits per heavy atom. The van der Waals surface area contributed by atoms with Crippen molar-refractivity contribution in [3.8, 4) is 0 Å². The Bertz CT molecular complexity index is 1120. The number of carbonyl (C=O) groups is 1. The number of carbonyl (C=O) groups excluding carboxylic acids is 1. The van der Waals surface area contributed by atoms with Crippen molar-refractivity contribution in [2.45, 2.75) is 45.8 Å². The molecule has 3 heteroatoms. The van der Waals surface area contributed by atoms with Crippen molar-refractivity contribution in [3.05, 3.63) is 94.5 Å². The lowest BCUT2D eigenvalue weighted by Gasteiger charge is -2.43. The summed E-state index contributed by atoms with van der Waals surface area (Å²) >= 11 is 0. The highest BCUT2D eigenvalue weighted by Crippen LogP contribution is 2.46. The first kappa shape index (κ1) is 18.9. The summed E-state index contributed by atoms with van der Waals surface area (Å²) in [5.41, 5.74) is 7.91. The zero-order chi connectivity index (χ0) is 20.9. The van der Waals surface area contributed by atoms with Gasteiger partial charge in [0.15, 0.2) is 5.78 Å². The molecule has 2 aliphatic rings. The molecule has 1 atom stereocenters. The average molecular weight is 397 g/mol. The fourth-order valence-electron chi connectivity index (χ4n) is 5.30. The van der Waals surface area contributed by atoms with E-state index in [2.05, 4.69) is 84.3 Å². The lowest BCUT2D eigenvalue weighted by atomic mass is 9.82. The number of fused-ring (bicyclic) bond motifs is 7. The van der Waals surface area contributed by atoms with E-state index in [0.717, 1.165) is 18.7 Å². The van der Waals surface area contributed by atoms with Crippen molar-refractivity contribution in [1.82, 2.24) is 0 Å². The number of anilines is 2. The molecule has 5 rings (SSSR count). The summed E-state index contributed by atoms with van der Waals surface area (Å²) in [5.74, 6) is 0.275. The molecular formula is C27H28N2O. The molecule has 0 aliphatic carbocycles. The van der Waals surface area contributed by atoms with Crippen LogP contribution in [-0.4, -0.2) is 12.3 Å². The Balaban J connectivity index is 1.83. The molecule has 2 bridgehead atoms. The maximum Gasteiger partial charge on any atom is 0.164 e. The molecule has 0 saturated heterocycles. The number of Topliss-reactive ketones (excluding diaryl/α,β-unsaturated/α-hetero) is 1. The highest BCUT2D eigenvalue weighted by molar-refractivity contribution is 5.95. The van der Waals surface area contributed by atoms with Crippen molar-refractivity contribution in [2.75, 3.05) is 16.3 Å². The molecule has 0 saturated carbocycles. The fourth-order valence-corrected chi connectivity index (χ4v) is 5.30. The van der Waals surface area contributed by atoms with Crippen LogP contribution >= 0.6 is 0 Å². The lowest BCUT2D eigenvalue weighted by Crippen LogP contribution is -2.55. The van der Waals surface area contributed by atoms with Gasteiger partial charge in [0.25, 0.3) is 0 Å². The van der Waals surface area contributed by atoms with Crippen LogP contribution in [0.1, 0.15) is 41.2 Å². The Kier molecular flexibility index (Phi) is 4.43. The molecule has 3 aromatic rings. The van der Waals surface area contributed by atoms with E-state index in [0.29, 0.717) is 13.0 Å². The van der Waals surface area contributed by atoms with Crippen LogP contribution in [0.15, 0.2) is 66.7 Å². The molecule has 3 nitrogen and oxygen atoms in total. The molecule has 2 aliphatic heterocycles. The van der Waals surface area contributed by atoms with E-state index in [-0.39, 0.29) is 5.78 Å². The monoisotopic (exact) mass is 396 g/mol. The fraction of sp³-hybridized carbons (Fsp3) is 0.296. The van der Waals surface area contributed by atoms with Gasteiger partial charge in [0.1, 0.15) is 5.54 Å². The van der Waals surface area contributed by atoms with Gasteiger partial charge < -0.3 is 9.80 Å². The third kappa shape index (κ3) is 2.76. The number of rotatable bonds is 3. The molecule has 3 aromatic carbocycles. The Labute approximate surface area is 178 Å². The van der Waals surface area contributed by atoms with Gasteiger partial charge in [-0.2, -0.15) is 0 Å². The SMILES string of the molecule is CCC(=O)[C@@]1(c2ccccc2)CN2Cc3cc(C)ccc3N1Cc1cc(C)ccc12. The maximum absolute atomic E-state index is 13.8. The van der Waals surface area contributed by atoms with Crippen LogP contribution in [-0.2, 0) is 23.4 Å². The minimum atomic E-state index is -0.705. The highest BCUT2D eigenvalue weighted by Gasteiger charge is 2.50. The molecule has 0 amide bonds. The Hall–Kier alpha value is -3.07. The number of hydrogen-bond donors (Lipinski definition) is 0. The normalized spacial score (nSPS) is 19.7. The van der Waals surface area contributed by atoms with Crippen LogP contribution in [0.4, 0.5) is 11.4 Å². The minimum Gasteiger partial charge on any atom is -0.364 e. The second-order valence-electron chi connectivity index (χ2n) is 8.71. The van der Waals surface area contributed by atoms with Crippen LogP contribution < -0.4 is 9.80 Å². The van der Waals surface area contributed by atoms with Crippen LogP contribution in [0.25, 0.3) is 0 Å². The van der Waals surface area contributed by atoms with Crippen LogP contribution in [0.3, 0.4) is 0 Å². The third-order valence-corrected chi connectivity index (χ3v) is 6.71. The van der Waals surface area contributed by atoms with Crippen molar-refractivity contribution >= 4 is 17.2 Å². The van der Waals surface area contributed by atoms with E-state index in [1.807, 2.05) is 13.0 Å². The van der Waals surface area contributed by atoms with E-state index < -0.39 is 5.54 Å². The van der Waals surface area contributed by atoms with Gasteiger partial charge in [-0.3, -0.25) is 4.79 Å². The molecule has 0 fully saturated rings. The van der Waals surface area contributed by atoms with Crippen molar-refractivity contribution in [1.29, 1.82) is 0 Å². The third-order valence-electron chi connectivity index (χ3n) is 6.71. The van der Waals surface area contributed by atoms with E-state index >= 15 is 0 Å². The number of ketones is 1. The van der Waals surface area contributed by atoms with Gasteiger partial charge in [-0.25, -0.2) is 0 Å². The quantitative estimate of drug-likeness (QED) is 0.582. The number of benzene rings is 3. The van der Waals surface area contributed by atoms with Gasteiger partial charge in [-0.1, -0.05) is 72.6 Å². The van der Waals surface area contributed by atoms with Gasteiger partial charge in [0.05, 0.1) is 6.54 Å². The van der Waals surface area contributed by atoms with E-state index in [9.17, 15) is 4.79 Å². The molecule has 30 heavy (non-hydrogen) atoms. The average Bonchev–Trinajstić information content (AvgIpc) is 2.97. The summed E-state index contributed by atoms with van der Waals surface area (Å²) in [5, 5.41) is 0. The first-order valence-electron chi connectivity index (χ1n) is 10.8. The molecule has 0 spiro atoms.